The van der Waals surface area contributed by atoms with Gasteiger partial charge in [0.05, 0.1) is 12.1 Å². The fourth-order valence-electron chi connectivity index (χ4n) is 2.88. The normalized spacial score (nSPS) is 11.2. The number of carbonyl (C=O) groups excluding carboxylic acids is 1. The molecule has 0 saturated carbocycles. The molecule has 0 N–H and O–H groups in total. The highest BCUT2D eigenvalue weighted by Gasteiger charge is 2.16. The summed E-state index contributed by atoms with van der Waals surface area (Å²) in [5, 5.41) is 1.99. The molecule has 25 heavy (non-hydrogen) atoms. The summed E-state index contributed by atoms with van der Waals surface area (Å²) in [6, 6.07) is 6.30. The summed E-state index contributed by atoms with van der Waals surface area (Å²) in [6.45, 7) is 5.77. The van der Waals surface area contributed by atoms with Gasteiger partial charge in [-0.15, -0.1) is 11.3 Å². The highest BCUT2D eigenvalue weighted by Crippen LogP contribution is 2.24. The molecular formula is C19H22FN3OS. The van der Waals surface area contributed by atoms with Crippen LogP contribution in [0.25, 0.3) is 16.2 Å². The molecule has 1 aromatic carbocycles. The zero-order valence-corrected chi connectivity index (χ0v) is 15.4. The average molecular weight is 359 g/mol. The molecule has 1 amide bonds. The van der Waals surface area contributed by atoms with E-state index in [-0.39, 0.29) is 11.7 Å². The summed E-state index contributed by atoms with van der Waals surface area (Å²) in [4.78, 5) is 20.0. The maximum absolute atomic E-state index is 13.1. The van der Waals surface area contributed by atoms with Gasteiger partial charge in [0.1, 0.15) is 5.82 Å². The van der Waals surface area contributed by atoms with Crippen LogP contribution < -0.4 is 0 Å². The van der Waals surface area contributed by atoms with Crippen molar-refractivity contribution in [1.82, 2.24) is 14.3 Å². The molecule has 0 saturated heterocycles. The summed E-state index contributed by atoms with van der Waals surface area (Å²) in [6.07, 6.45) is 4.22. The third-order valence-electron chi connectivity index (χ3n) is 4.10. The van der Waals surface area contributed by atoms with Gasteiger partial charge in [-0.1, -0.05) is 13.8 Å². The lowest BCUT2D eigenvalue weighted by Crippen LogP contribution is -2.33. The molecule has 0 aliphatic heterocycles. The number of amides is 1. The van der Waals surface area contributed by atoms with E-state index in [1.807, 2.05) is 20.9 Å². The lowest BCUT2D eigenvalue weighted by molar-refractivity contribution is -0.130. The van der Waals surface area contributed by atoms with Crippen LogP contribution in [0.3, 0.4) is 0 Å². The summed E-state index contributed by atoms with van der Waals surface area (Å²) >= 11 is 1.52. The minimum atomic E-state index is -0.261. The Labute approximate surface area is 150 Å². The summed E-state index contributed by atoms with van der Waals surface area (Å²) in [5.74, 6) is -0.108. The van der Waals surface area contributed by atoms with Gasteiger partial charge in [0.2, 0.25) is 5.91 Å². The number of hydrogen-bond donors (Lipinski definition) is 0. The van der Waals surface area contributed by atoms with Gasteiger partial charge in [0, 0.05) is 35.9 Å². The molecule has 0 spiro atoms. The van der Waals surface area contributed by atoms with E-state index in [1.165, 1.54) is 23.5 Å². The van der Waals surface area contributed by atoms with Crippen LogP contribution in [-0.4, -0.2) is 33.3 Å². The van der Waals surface area contributed by atoms with Gasteiger partial charge in [-0.05, 0) is 37.1 Å². The second kappa shape index (κ2) is 7.78. The average Bonchev–Trinajstić information content (AvgIpc) is 3.17. The predicted octanol–water partition coefficient (Wildman–Crippen LogP) is 4.39. The number of carbonyl (C=O) groups is 1. The van der Waals surface area contributed by atoms with Crippen molar-refractivity contribution in [3.63, 3.8) is 0 Å². The number of hydrogen-bond acceptors (Lipinski definition) is 3. The van der Waals surface area contributed by atoms with E-state index in [1.54, 1.807) is 12.1 Å². The first kappa shape index (κ1) is 17.6. The van der Waals surface area contributed by atoms with Gasteiger partial charge >= 0.3 is 0 Å². The molecule has 0 atom stereocenters. The van der Waals surface area contributed by atoms with Gasteiger partial charge < -0.3 is 4.90 Å². The maximum Gasteiger partial charge on any atom is 0.228 e. The number of nitrogens with zero attached hydrogens (tertiary/aromatic N) is 3. The van der Waals surface area contributed by atoms with Crippen LogP contribution in [0, 0.1) is 5.82 Å². The lowest BCUT2D eigenvalue weighted by atomic mass is 10.2. The van der Waals surface area contributed by atoms with E-state index >= 15 is 0 Å². The predicted molar refractivity (Wildman–Crippen MR) is 99.3 cm³/mol. The van der Waals surface area contributed by atoms with Crippen molar-refractivity contribution in [1.29, 1.82) is 0 Å². The van der Waals surface area contributed by atoms with Crippen molar-refractivity contribution in [2.24, 2.45) is 0 Å². The van der Waals surface area contributed by atoms with Crippen LogP contribution in [0.15, 0.2) is 35.8 Å². The standard InChI is InChI=1S/C19H22FN3OS/c1-3-9-22(10-4-2)18(24)11-16-13-25-19-21-17(12-23(16)19)14-5-7-15(20)8-6-14/h5-8,12-13H,3-4,9-11H2,1-2H3. The molecule has 0 fully saturated rings. The monoisotopic (exact) mass is 359 g/mol. The maximum atomic E-state index is 13.1. The molecule has 0 aliphatic carbocycles. The molecular weight excluding hydrogens is 337 g/mol. The first-order valence-corrected chi connectivity index (χ1v) is 9.49. The van der Waals surface area contributed by atoms with Crippen molar-refractivity contribution >= 4 is 22.2 Å². The van der Waals surface area contributed by atoms with E-state index in [4.69, 9.17) is 0 Å². The molecule has 0 aliphatic rings. The number of rotatable bonds is 7. The SMILES string of the molecule is CCCN(CCC)C(=O)Cc1csc2nc(-c3ccc(F)cc3)cn12. The van der Waals surface area contributed by atoms with Crippen LogP contribution in [0.5, 0.6) is 0 Å². The quantitative estimate of drug-likeness (QED) is 0.627. The van der Waals surface area contributed by atoms with Crippen molar-refractivity contribution < 1.29 is 9.18 Å². The molecule has 0 bridgehead atoms. The van der Waals surface area contributed by atoms with Gasteiger partial charge in [-0.2, -0.15) is 0 Å². The Morgan fingerprint density at radius 3 is 2.52 bits per heavy atom. The fraction of sp³-hybridized carbons (Fsp3) is 0.368. The van der Waals surface area contributed by atoms with Crippen LogP contribution in [-0.2, 0) is 11.2 Å². The van der Waals surface area contributed by atoms with Crippen molar-refractivity contribution in [3.8, 4) is 11.3 Å². The zero-order valence-electron chi connectivity index (χ0n) is 14.5. The zero-order chi connectivity index (χ0) is 17.8. The smallest absolute Gasteiger partial charge is 0.228 e. The van der Waals surface area contributed by atoms with E-state index in [0.29, 0.717) is 6.42 Å². The molecule has 3 aromatic rings. The number of benzene rings is 1. The molecule has 6 heteroatoms. The molecule has 4 nitrogen and oxygen atoms in total. The number of halogens is 1. The minimum absolute atomic E-state index is 0.153. The summed E-state index contributed by atoms with van der Waals surface area (Å²) < 4.78 is 15.1. The molecule has 2 aromatic heterocycles. The van der Waals surface area contributed by atoms with Crippen LogP contribution in [0.2, 0.25) is 0 Å². The summed E-state index contributed by atoms with van der Waals surface area (Å²) in [5.41, 5.74) is 2.61. The fourth-order valence-corrected chi connectivity index (χ4v) is 3.76. The second-order valence-electron chi connectivity index (χ2n) is 6.07. The first-order valence-electron chi connectivity index (χ1n) is 8.61. The van der Waals surface area contributed by atoms with Crippen molar-refractivity contribution in [2.45, 2.75) is 33.1 Å². The Hall–Kier alpha value is -2.21. The van der Waals surface area contributed by atoms with E-state index in [2.05, 4.69) is 18.8 Å². The third-order valence-corrected chi connectivity index (χ3v) is 4.98. The van der Waals surface area contributed by atoms with Crippen molar-refractivity contribution in [3.05, 3.63) is 47.4 Å². The van der Waals surface area contributed by atoms with E-state index in [9.17, 15) is 9.18 Å². The number of fused-ring (bicyclic) bond motifs is 1. The lowest BCUT2D eigenvalue weighted by Gasteiger charge is -2.21. The Bertz CT molecular complexity index is 847. The third kappa shape index (κ3) is 3.90. The Morgan fingerprint density at radius 2 is 1.88 bits per heavy atom. The highest BCUT2D eigenvalue weighted by atomic mass is 32.1. The van der Waals surface area contributed by atoms with Gasteiger partial charge in [0.15, 0.2) is 4.96 Å². The Morgan fingerprint density at radius 1 is 1.20 bits per heavy atom. The number of thiazole rings is 1. The molecule has 0 radical (unpaired) electrons. The number of aromatic nitrogens is 2. The van der Waals surface area contributed by atoms with E-state index < -0.39 is 0 Å². The van der Waals surface area contributed by atoms with Crippen LogP contribution in [0.4, 0.5) is 4.39 Å². The second-order valence-corrected chi connectivity index (χ2v) is 6.91. The van der Waals surface area contributed by atoms with Crippen LogP contribution in [0.1, 0.15) is 32.4 Å². The first-order chi connectivity index (χ1) is 12.1. The van der Waals surface area contributed by atoms with Gasteiger partial charge in [-0.25, -0.2) is 9.37 Å². The Kier molecular flexibility index (Phi) is 5.48. The molecule has 2 heterocycles. The number of imidazole rings is 1. The van der Waals surface area contributed by atoms with Gasteiger partial charge in [0.25, 0.3) is 0 Å². The highest BCUT2D eigenvalue weighted by molar-refractivity contribution is 7.15. The van der Waals surface area contributed by atoms with Crippen LogP contribution >= 0.6 is 11.3 Å². The molecule has 3 rings (SSSR count). The Balaban J connectivity index is 1.83. The largest absolute Gasteiger partial charge is 0.342 e. The van der Waals surface area contributed by atoms with Gasteiger partial charge in [-0.3, -0.25) is 9.20 Å². The summed E-state index contributed by atoms with van der Waals surface area (Å²) in [7, 11) is 0. The van der Waals surface area contributed by atoms with Crippen molar-refractivity contribution in [2.75, 3.05) is 13.1 Å². The minimum Gasteiger partial charge on any atom is -0.342 e. The topological polar surface area (TPSA) is 37.6 Å². The van der Waals surface area contributed by atoms with E-state index in [0.717, 1.165) is 47.8 Å². The molecule has 0 unspecified atom stereocenters. The molecule has 132 valence electrons.